The van der Waals surface area contributed by atoms with Crippen molar-refractivity contribution in [2.24, 2.45) is 17.6 Å². The van der Waals surface area contributed by atoms with Gasteiger partial charge in [0.25, 0.3) is 0 Å². The van der Waals surface area contributed by atoms with Crippen LogP contribution in [0.3, 0.4) is 0 Å². The summed E-state index contributed by atoms with van der Waals surface area (Å²) in [4.78, 5) is 26.7. The molecule has 7 nitrogen and oxygen atoms in total. The first-order valence-corrected chi connectivity index (χ1v) is 11.4. The summed E-state index contributed by atoms with van der Waals surface area (Å²) in [5.41, 5.74) is 8.19. The summed E-state index contributed by atoms with van der Waals surface area (Å²) in [6.45, 7) is 3.31. The van der Waals surface area contributed by atoms with Gasteiger partial charge in [0, 0.05) is 41.8 Å². The van der Waals surface area contributed by atoms with Gasteiger partial charge in [-0.2, -0.15) is 0 Å². The number of thioether (sulfide) groups is 1. The van der Waals surface area contributed by atoms with Crippen LogP contribution < -0.4 is 11.1 Å². The fourth-order valence-corrected chi connectivity index (χ4v) is 6.52. The number of aliphatic hydroxyl groups is 1. The van der Waals surface area contributed by atoms with Crippen molar-refractivity contribution in [2.45, 2.75) is 50.1 Å². The van der Waals surface area contributed by atoms with Crippen LogP contribution >= 0.6 is 11.8 Å². The lowest BCUT2D eigenvalue weighted by Gasteiger charge is -2.45. The number of nitrogens with two attached hydrogens (primary N) is 1. The molecule has 1 amide bonds. The zero-order valence-electron chi connectivity index (χ0n) is 17.1. The molecular weight excluding hydrogens is 402 g/mol. The van der Waals surface area contributed by atoms with Gasteiger partial charge in [0.2, 0.25) is 5.91 Å². The number of β-lactam (4-membered cyclic amide) rings is 1. The molecule has 0 radical (unpaired) electrons. The number of rotatable bonds is 8. The van der Waals surface area contributed by atoms with Gasteiger partial charge in [-0.1, -0.05) is 31.2 Å². The van der Waals surface area contributed by atoms with Crippen molar-refractivity contribution in [1.29, 1.82) is 0 Å². The highest BCUT2D eigenvalue weighted by Gasteiger charge is 2.58. The van der Waals surface area contributed by atoms with Crippen LogP contribution in [0.25, 0.3) is 0 Å². The number of carbonyl (C=O) groups excluding carboxylic acids is 1. The molecule has 0 aliphatic carbocycles. The van der Waals surface area contributed by atoms with E-state index in [1.807, 2.05) is 6.92 Å². The van der Waals surface area contributed by atoms with E-state index in [1.54, 1.807) is 11.8 Å². The van der Waals surface area contributed by atoms with E-state index in [1.165, 1.54) is 10.5 Å². The molecule has 2 saturated heterocycles. The first kappa shape index (κ1) is 21.4. The smallest absolute Gasteiger partial charge is 0.353 e. The maximum atomic E-state index is 12.5. The summed E-state index contributed by atoms with van der Waals surface area (Å²) in [6.07, 6.45) is 2.27. The molecule has 3 heterocycles. The Bertz CT molecular complexity index is 856. The summed E-state index contributed by atoms with van der Waals surface area (Å²) >= 11 is 1.61. The predicted molar refractivity (Wildman–Crippen MR) is 115 cm³/mol. The minimum Gasteiger partial charge on any atom is -0.477 e. The zero-order chi connectivity index (χ0) is 21.4. The molecule has 30 heavy (non-hydrogen) atoms. The number of aliphatic carboxylic acids is 1. The third-order valence-electron chi connectivity index (χ3n) is 6.52. The third kappa shape index (κ3) is 3.77. The highest BCUT2D eigenvalue weighted by Crippen LogP contribution is 2.51. The lowest BCUT2D eigenvalue weighted by atomic mass is 9.80. The number of hydrogen-bond acceptors (Lipinski definition) is 6. The van der Waals surface area contributed by atoms with Crippen LogP contribution in [-0.2, 0) is 22.6 Å². The van der Waals surface area contributed by atoms with E-state index < -0.39 is 5.97 Å². The van der Waals surface area contributed by atoms with Crippen molar-refractivity contribution in [3.05, 3.63) is 46.0 Å². The second-order valence-electron chi connectivity index (χ2n) is 8.43. The lowest BCUT2D eigenvalue weighted by Crippen LogP contribution is -2.60. The molecule has 162 valence electrons. The first-order chi connectivity index (χ1) is 14.4. The number of carboxylic acids is 1. The summed E-state index contributed by atoms with van der Waals surface area (Å²) in [5.74, 6) is -1.50. The molecule has 4 rings (SSSR count). The molecule has 0 bridgehead atoms. The van der Waals surface area contributed by atoms with Gasteiger partial charge >= 0.3 is 5.97 Å². The average Bonchev–Trinajstić information content (AvgIpc) is 3.27. The largest absolute Gasteiger partial charge is 0.477 e. The Hall–Kier alpha value is -1.87. The van der Waals surface area contributed by atoms with Crippen LogP contribution in [0.4, 0.5) is 0 Å². The fraction of sp³-hybridized carbons (Fsp3) is 0.545. The minimum atomic E-state index is -1.04. The van der Waals surface area contributed by atoms with Gasteiger partial charge < -0.3 is 26.2 Å². The van der Waals surface area contributed by atoms with Crippen LogP contribution in [0.1, 0.15) is 30.9 Å². The van der Waals surface area contributed by atoms with E-state index in [2.05, 4.69) is 29.6 Å². The minimum absolute atomic E-state index is 0.0155. The van der Waals surface area contributed by atoms with Crippen molar-refractivity contribution in [3.8, 4) is 0 Å². The number of benzene rings is 1. The molecule has 0 spiro atoms. The zero-order valence-corrected chi connectivity index (χ0v) is 17.9. The number of hydrogen-bond donors (Lipinski definition) is 4. The number of nitrogens with zero attached hydrogens (tertiary/aromatic N) is 1. The van der Waals surface area contributed by atoms with Gasteiger partial charge in [-0.15, -0.1) is 11.8 Å². The van der Waals surface area contributed by atoms with E-state index in [-0.39, 0.29) is 41.3 Å². The average molecular weight is 432 g/mol. The van der Waals surface area contributed by atoms with Gasteiger partial charge in [-0.25, -0.2) is 4.79 Å². The monoisotopic (exact) mass is 431 g/mol. The Balaban J connectivity index is 1.42. The fourth-order valence-electron chi connectivity index (χ4n) is 5.00. The Morgan fingerprint density at radius 3 is 2.63 bits per heavy atom. The maximum absolute atomic E-state index is 12.5. The number of aliphatic hydroxyl groups excluding tert-OH is 1. The van der Waals surface area contributed by atoms with Gasteiger partial charge in [0.15, 0.2) is 0 Å². The predicted octanol–water partition coefficient (Wildman–Crippen LogP) is 1.31. The van der Waals surface area contributed by atoms with Crippen LogP contribution in [0.5, 0.6) is 0 Å². The molecule has 8 heteroatoms. The molecule has 2 fully saturated rings. The van der Waals surface area contributed by atoms with E-state index in [4.69, 9.17) is 5.73 Å². The van der Waals surface area contributed by atoms with Crippen LogP contribution in [0, 0.1) is 11.8 Å². The molecule has 1 aromatic carbocycles. The summed E-state index contributed by atoms with van der Waals surface area (Å²) in [6, 6.07) is 8.57. The number of fused-ring (bicyclic) bond motifs is 1. The number of nitrogens with one attached hydrogen (secondary N) is 1. The molecule has 5 atom stereocenters. The number of carbonyl (C=O) groups is 2. The highest BCUT2D eigenvalue weighted by atomic mass is 32.2. The number of amides is 1. The van der Waals surface area contributed by atoms with Crippen LogP contribution in [0.2, 0.25) is 0 Å². The summed E-state index contributed by atoms with van der Waals surface area (Å²) < 4.78 is 0. The molecule has 1 aromatic rings. The van der Waals surface area contributed by atoms with Gasteiger partial charge in [0.1, 0.15) is 5.70 Å². The molecule has 1 unspecified atom stereocenters. The molecular formula is C22H29N3O4S. The Morgan fingerprint density at radius 2 is 2.00 bits per heavy atom. The number of carboxylic acid groups (broad SMARTS) is 1. The van der Waals surface area contributed by atoms with Crippen molar-refractivity contribution >= 4 is 23.6 Å². The standard InChI is InChI=1S/C22H29N3O4S/c1-12-18-17(6-7-26)21(27)25(18)19(22(28)29)20(12)30-16-9-15(24-11-16)8-13-2-4-14(10-23)5-3-13/h2-5,12,15-18,24,26H,6-11,23H2,1H3,(H,28,29)/t12-,15?,16+,17+,18+/m1/s1. The van der Waals surface area contributed by atoms with E-state index in [9.17, 15) is 19.8 Å². The Kier molecular flexibility index (Phi) is 6.20. The summed E-state index contributed by atoms with van der Waals surface area (Å²) in [5, 5.41) is 22.9. The molecule has 0 saturated carbocycles. The van der Waals surface area contributed by atoms with E-state index in [0.717, 1.165) is 29.9 Å². The first-order valence-electron chi connectivity index (χ1n) is 10.5. The van der Waals surface area contributed by atoms with Gasteiger partial charge in [0.05, 0.1) is 12.0 Å². The second kappa shape index (κ2) is 8.70. The SMILES string of the molecule is C[C@H]1C(S[C@@H]2CNC(Cc3ccc(CN)cc3)C2)=C(C(=O)O)N2C(=O)[C@@H](CCO)[C@H]12. The third-order valence-corrected chi connectivity index (χ3v) is 8.04. The van der Waals surface area contributed by atoms with Crippen molar-refractivity contribution in [3.63, 3.8) is 0 Å². The normalized spacial score (nSPS) is 30.6. The van der Waals surface area contributed by atoms with Gasteiger partial charge in [-0.05, 0) is 30.4 Å². The van der Waals surface area contributed by atoms with Gasteiger partial charge in [-0.3, -0.25) is 4.79 Å². The van der Waals surface area contributed by atoms with Crippen molar-refractivity contribution in [2.75, 3.05) is 13.2 Å². The van der Waals surface area contributed by atoms with Crippen LogP contribution in [0.15, 0.2) is 34.9 Å². The van der Waals surface area contributed by atoms with Crippen LogP contribution in [-0.4, -0.2) is 57.5 Å². The Labute approximate surface area is 180 Å². The molecule has 3 aliphatic rings. The second-order valence-corrected chi connectivity index (χ2v) is 9.77. The topological polar surface area (TPSA) is 116 Å². The highest BCUT2D eigenvalue weighted by molar-refractivity contribution is 8.03. The molecule has 3 aliphatic heterocycles. The molecule has 0 aromatic heterocycles. The summed E-state index contributed by atoms with van der Waals surface area (Å²) in [7, 11) is 0. The quantitative estimate of drug-likeness (QED) is 0.459. The van der Waals surface area contributed by atoms with E-state index >= 15 is 0 Å². The van der Waals surface area contributed by atoms with Crippen molar-refractivity contribution in [1.82, 2.24) is 10.2 Å². The Morgan fingerprint density at radius 1 is 1.30 bits per heavy atom. The maximum Gasteiger partial charge on any atom is 0.353 e. The lowest BCUT2D eigenvalue weighted by molar-refractivity contribution is -0.157. The van der Waals surface area contributed by atoms with E-state index in [0.29, 0.717) is 19.0 Å². The molecule has 5 N–H and O–H groups in total. The van der Waals surface area contributed by atoms with Crippen molar-refractivity contribution < 1.29 is 19.8 Å².